The highest BCUT2D eigenvalue weighted by Crippen LogP contribution is 2.24. The van der Waals surface area contributed by atoms with Gasteiger partial charge in [-0.15, -0.1) is 0 Å². The first-order valence-electron chi connectivity index (χ1n) is 7.62. The summed E-state index contributed by atoms with van der Waals surface area (Å²) in [6, 6.07) is 3.82. The van der Waals surface area contributed by atoms with Gasteiger partial charge in [-0.05, 0) is 12.0 Å². The minimum atomic E-state index is -0.163. The number of aromatic nitrogens is 1. The fourth-order valence-electron chi connectivity index (χ4n) is 2.85. The molecule has 1 aromatic heterocycles. The number of rotatable bonds is 4. The van der Waals surface area contributed by atoms with Crippen LogP contribution in [-0.4, -0.2) is 56.2 Å². The third kappa shape index (κ3) is 3.91. The van der Waals surface area contributed by atoms with Crippen LogP contribution in [0, 0.1) is 11.8 Å². The van der Waals surface area contributed by atoms with Gasteiger partial charge in [-0.25, -0.2) is 4.98 Å². The Bertz CT molecular complexity index is 576. The molecule has 23 heavy (non-hydrogen) atoms. The molecule has 1 aromatic rings. The minimum Gasteiger partial charge on any atom is -0.481 e. The molecule has 0 aliphatic carbocycles. The fraction of sp³-hybridized carbons (Fsp3) is 0.562. The maximum absolute atomic E-state index is 11.8. The van der Waals surface area contributed by atoms with E-state index in [9.17, 15) is 4.79 Å². The highest BCUT2D eigenvalue weighted by Gasteiger charge is 2.36. The van der Waals surface area contributed by atoms with Crippen molar-refractivity contribution < 1.29 is 14.3 Å². The Hall–Kier alpha value is -2.31. The smallest absolute Gasteiger partial charge is 0.310 e. The average Bonchev–Trinajstić information content (AvgIpc) is 2.96. The van der Waals surface area contributed by atoms with Crippen LogP contribution in [0.15, 0.2) is 23.3 Å². The Balaban J connectivity index is 2.00. The topological polar surface area (TPSA) is 76.1 Å². The van der Waals surface area contributed by atoms with E-state index in [4.69, 9.17) is 9.47 Å². The average molecular weight is 320 g/mol. The van der Waals surface area contributed by atoms with Crippen molar-refractivity contribution in [2.75, 3.05) is 34.4 Å². The maximum atomic E-state index is 11.8. The van der Waals surface area contributed by atoms with Crippen molar-refractivity contribution in [1.82, 2.24) is 15.2 Å². The molecule has 1 saturated heterocycles. The Morgan fingerprint density at radius 1 is 1.48 bits per heavy atom. The van der Waals surface area contributed by atoms with Gasteiger partial charge in [0.2, 0.25) is 5.88 Å². The number of esters is 1. The Morgan fingerprint density at radius 3 is 2.91 bits per heavy atom. The van der Waals surface area contributed by atoms with E-state index < -0.39 is 0 Å². The van der Waals surface area contributed by atoms with Gasteiger partial charge in [0.05, 0.1) is 20.1 Å². The number of methoxy groups -OCH3 is 2. The summed E-state index contributed by atoms with van der Waals surface area (Å²) in [6.07, 6.45) is 1.69. The molecule has 7 nitrogen and oxygen atoms in total. The van der Waals surface area contributed by atoms with Crippen LogP contribution >= 0.6 is 0 Å². The first-order valence-corrected chi connectivity index (χ1v) is 7.62. The van der Waals surface area contributed by atoms with Crippen molar-refractivity contribution in [3.05, 3.63) is 23.9 Å². The highest BCUT2D eigenvalue weighted by atomic mass is 16.5. The number of nitrogens with one attached hydrogen (secondary N) is 1. The molecule has 0 amide bonds. The van der Waals surface area contributed by atoms with Crippen molar-refractivity contribution in [2.45, 2.75) is 13.5 Å². The van der Waals surface area contributed by atoms with Gasteiger partial charge in [-0.1, -0.05) is 13.0 Å². The van der Waals surface area contributed by atoms with Crippen molar-refractivity contribution in [1.29, 1.82) is 0 Å². The molecule has 0 bridgehead atoms. The van der Waals surface area contributed by atoms with Gasteiger partial charge in [0.25, 0.3) is 0 Å². The molecule has 2 rings (SSSR count). The lowest BCUT2D eigenvalue weighted by atomic mass is 9.99. The van der Waals surface area contributed by atoms with E-state index in [0.717, 1.165) is 18.1 Å². The molecule has 7 heteroatoms. The number of nitrogens with zero attached hydrogens (tertiary/aromatic N) is 3. The predicted molar refractivity (Wildman–Crippen MR) is 87.2 cm³/mol. The van der Waals surface area contributed by atoms with Crippen LogP contribution in [0.3, 0.4) is 0 Å². The number of hydrogen-bond acceptors (Lipinski definition) is 5. The molecule has 0 aromatic carbocycles. The normalized spacial score (nSPS) is 21.2. The maximum Gasteiger partial charge on any atom is 0.310 e. The van der Waals surface area contributed by atoms with E-state index in [1.807, 2.05) is 12.1 Å². The summed E-state index contributed by atoms with van der Waals surface area (Å²) in [5.74, 6) is 1.30. The monoisotopic (exact) mass is 320 g/mol. The van der Waals surface area contributed by atoms with Crippen LogP contribution in [0.4, 0.5) is 0 Å². The summed E-state index contributed by atoms with van der Waals surface area (Å²) in [7, 11) is 4.77. The van der Waals surface area contributed by atoms with Crippen molar-refractivity contribution in [2.24, 2.45) is 16.8 Å². The summed E-state index contributed by atoms with van der Waals surface area (Å²) < 4.78 is 10.1. The zero-order chi connectivity index (χ0) is 16.8. The van der Waals surface area contributed by atoms with E-state index in [0.29, 0.717) is 19.0 Å². The van der Waals surface area contributed by atoms with E-state index in [1.165, 1.54) is 7.11 Å². The van der Waals surface area contributed by atoms with E-state index in [2.05, 4.69) is 27.1 Å². The number of likely N-dealkylation sites (tertiary alicyclic amines) is 1. The number of hydrogen-bond donors (Lipinski definition) is 1. The van der Waals surface area contributed by atoms with Crippen molar-refractivity contribution in [3.8, 4) is 5.88 Å². The van der Waals surface area contributed by atoms with Gasteiger partial charge in [0.1, 0.15) is 0 Å². The second-order valence-electron chi connectivity index (χ2n) is 5.58. The van der Waals surface area contributed by atoms with E-state index in [1.54, 1.807) is 20.4 Å². The second-order valence-corrected chi connectivity index (χ2v) is 5.58. The Morgan fingerprint density at radius 2 is 2.26 bits per heavy atom. The van der Waals surface area contributed by atoms with Crippen LogP contribution in [-0.2, 0) is 16.1 Å². The van der Waals surface area contributed by atoms with E-state index in [-0.39, 0.29) is 17.8 Å². The Kier molecular flexibility index (Phi) is 5.78. The predicted octanol–water partition coefficient (Wildman–Crippen LogP) is 0.906. The standard InChI is InChI=1S/C16H24N4O3/c1-11-9-20(10-13(11)15(21)23-4)16(17-2)19-8-12-6-5-7-18-14(12)22-3/h5-7,11,13H,8-10H2,1-4H3,(H,17,19). The van der Waals surface area contributed by atoms with Crippen molar-refractivity contribution in [3.63, 3.8) is 0 Å². The van der Waals surface area contributed by atoms with Gasteiger partial charge in [-0.2, -0.15) is 0 Å². The molecule has 2 atom stereocenters. The molecule has 1 fully saturated rings. The molecule has 2 unspecified atom stereocenters. The first-order chi connectivity index (χ1) is 11.1. The summed E-state index contributed by atoms with van der Waals surface area (Å²) in [5, 5.41) is 3.30. The zero-order valence-electron chi connectivity index (χ0n) is 14.1. The third-order valence-corrected chi connectivity index (χ3v) is 4.11. The van der Waals surface area contributed by atoms with Gasteiger partial charge in [0, 0.05) is 38.4 Å². The number of pyridine rings is 1. The molecule has 1 aliphatic rings. The first kappa shape index (κ1) is 17.1. The number of ether oxygens (including phenoxy) is 2. The SMILES string of the molecule is CN=C(NCc1cccnc1OC)N1CC(C)C(C(=O)OC)C1. The highest BCUT2D eigenvalue weighted by molar-refractivity contribution is 5.82. The molecule has 2 heterocycles. The van der Waals surface area contributed by atoms with Gasteiger partial charge >= 0.3 is 5.97 Å². The van der Waals surface area contributed by atoms with Crippen molar-refractivity contribution >= 4 is 11.9 Å². The number of carbonyl (C=O) groups is 1. The lowest BCUT2D eigenvalue weighted by Crippen LogP contribution is -2.40. The molecule has 0 saturated carbocycles. The summed E-state index contributed by atoms with van der Waals surface area (Å²) in [4.78, 5) is 22.4. The summed E-state index contributed by atoms with van der Waals surface area (Å²) >= 11 is 0. The number of aliphatic imine (C=N–C) groups is 1. The van der Waals surface area contributed by atoms with Gasteiger partial charge in [-0.3, -0.25) is 9.79 Å². The molecular formula is C16H24N4O3. The van der Waals surface area contributed by atoms with Crippen LogP contribution < -0.4 is 10.1 Å². The Labute approximate surface area is 136 Å². The number of guanidine groups is 1. The molecule has 1 aliphatic heterocycles. The second kappa shape index (κ2) is 7.80. The van der Waals surface area contributed by atoms with Crippen LogP contribution in [0.2, 0.25) is 0 Å². The molecule has 0 radical (unpaired) electrons. The van der Waals surface area contributed by atoms with Gasteiger partial charge < -0.3 is 19.7 Å². The lowest BCUT2D eigenvalue weighted by Gasteiger charge is -2.21. The molecule has 0 spiro atoms. The van der Waals surface area contributed by atoms with Gasteiger partial charge in [0.15, 0.2) is 5.96 Å². The minimum absolute atomic E-state index is 0.119. The largest absolute Gasteiger partial charge is 0.481 e. The molecular weight excluding hydrogens is 296 g/mol. The zero-order valence-corrected chi connectivity index (χ0v) is 14.1. The quantitative estimate of drug-likeness (QED) is 0.505. The molecule has 1 N–H and O–H groups in total. The summed E-state index contributed by atoms with van der Waals surface area (Å²) in [6.45, 7) is 3.98. The number of carbonyl (C=O) groups excluding carboxylic acids is 1. The summed E-state index contributed by atoms with van der Waals surface area (Å²) in [5.41, 5.74) is 0.952. The molecule has 126 valence electrons. The fourth-order valence-corrected chi connectivity index (χ4v) is 2.85. The van der Waals surface area contributed by atoms with Crippen LogP contribution in [0.5, 0.6) is 5.88 Å². The third-order valence-electron chi connectivity index (χ3n) is 4.11. The van der Waals surface area contributed by atoms with E-state index >= 15 is 0 Å². The van der Waals surface area contributed by atoms with Crippen LogP contribution in [0.1, 0.15) is 12.5 Å². The van der Waals surface area contributed by atoms with Crippen LogP contribution in [0.25, 0.3) is 0 Å². The lowest BCUT2D eigenvalue weighted by molar-refractivity contribution is -0.145.